The Kier molecular flexibility index (Phi) is 36.5. The van der Waals surface area contributed by atoms with Crippen LogP contribution in [-0.4, -0.2) is 89.1 Å². The summed E-state index contributed by atoms with van der Waals surface area (Å²) in [5.74, 6) is 55.1. The minimum atomic E-state index is -2.69. The lowest BCUT2D eigenvalue weighted by atomic mass is 10.1. The fourth-order valence-corrected chi connectivity index (χ4v) is 22.4. The van der Waals surface area contributed by atoms with Crippen molar-refractivity contribution in [1.29, 1.82) is 0 Å². The van der Waals surface area contributed by atoms with Gasteiger partial charge in [0, 0.05) is 127 Å². The molecule has 130 heavy (non-hydrogen) atoms. The molecule has 0 heterocycles. The van der Waals surface area contributed by atoms with Crippen LogP contribution in [0.3, 0.4) is 0 Å². The topological polar surface area (TPSA) is 142 Å². The highest BCUT2D eigenvalue weighted by Gasteiger charge is 2.30. The molecule has 12 aromatic carbocycles. The second kappa shape index (κ2) is 50.1. The summed E-state index contributed by atoms with van der Waals surface area (Å²) >= 11 is 14.4. The van der Waals surface area contributed by atoms with Gasteiger partial charge in [-0.1, -0.05) is 167 Å². The quantitative estimate of drug-likeness (QED) is 0.0134. The van der Waals surface area contributed by atoms with Crippen LogP contribution in [0, 0.1) is 94.7 Å². The van der Waals surface area contributed by atoms with Gasteiger partial charge >= 0.3 is 23.9 Å². The van der Waals surface area contributed by atoms with Crippen LogP contribution in [-0.2, 0) is 61.7 Å². The Morgan fingerprint density at radius 3 is 0.462 bits per heavy atom. The highest BCUT2D eigenvalue weighted by Crippen LogP contribution is 2.52. The average Bonchev–Trinajstić information content (AvgIpc) is 0.766. The molecule has 0 aliphatic rings. The van der Waals surface area contributed by atoms with E-state index in [1.165, 1.54) is 0 Å². The van der Waals surface area contributed by atoms with E-state index < -0.39 is 12.1 Å². The average molecular weight is 1780 g/mol. The maximum absolute atomic E-state index is 11.7. The van der Waals surface area contributed by atoms with E-state index in [2.05, 4.69) is 192 Å². The number of hydrogen-bond donors (Lipinski definition) is 0. The van der Waals surface area contributed by atoms with Gasteiger partial charge in [-0.25, -0.2) is 0 Å². The van der Waals surface area contributed by atoms with Crippen molar-refractivity contribution in [2.45, 2.75) is 79.1 Å². The smallest absolute Gasteiger partial charge is 0.305 e. The maximum atomic E-state index is 11.7. The van der Waals surface area contributed by atoms with Crippen LogP contribution in [0.2, 0.25) is 0 Å². The van der Waals surface area contributed by atoms with Crippen LogP contribution in [0.15, 0.2) is 291 Å². The minimum Gasteiger partial charge on any atom is -0.494 e. The SMILES string of the molecule is CCOC(=O)CCCOc1ccc(C#Cc2ccc(C#Cc3ccc(P(=S)(CCP(=S)(c4ccc(C#Cc5ccc(C#Cc6ccc(OCCCC(=O)OCC)cc6)cc5)cc4)c4ccc(C#Cc5ccc(C#Cc6ccc(OCCCC(=O)OCC)cc6)cc5)cc4)c4ccc(C#Cc5ccc(C#Cc6ccc(OCCCC(=O)OCC)cc6)cc5)cc4)cc3)cc2)cc1. The summed E-state index contributed by atoms with van der Waals surface area (Å²) in [7, 11) is 0. The third-order valence-corrected chi connectivity index (χ3v) is 30.2. The summed E-state index contributed by atoms with van der Waals surface area (Å²) in [5, 5.41) is 4.13. The van der Waals surface area contributed by atoms with Gasteiger partial charge in [0.05, 0.1) is 52.9 Å². The molecule has 0 bridgehead atoms. The van der Waals surface area contributed by atoms with E-state index in [0.717, 1.165) is 110 Å². The summed E-state index contributed by atoms with van der Waals surface area (Å²) in [6, 6.07) is 90.2. The molecule has 12 rings (SSSR count). The zero-order valence-electron chi connectivity index (χ0n) is 73.1. The van der Waals surface area contributed by atoms with Gasteiger partial charge in [0.2, 0.25) is 0 Å². The van der Waals surface area contributed by atoms with E-state index in [1.807, 2.05) is 194 Å². The summed E-state index contributed by atoms with van der Waals surface area (Å²) in [6.45, 7) is 10.3. The number of hydrogen-bond acceptors (Lipinski definition) is 14. The van der Waals surface area contributed by atoms with E-state index in [-0.39, 0.29) is 23.9 Å². The molecule has 0 amide bonds. The Morgan fingerprint density at radius 2 is 0.331 bits per heavy atom. The summed E-state index contributed by atoms with van der Waals surface area (Å²) in [6.07, 6.45) is 4.75. The standard InChI is InChI=1S/C114H96O12P2S2/c1-5-119-111(115)13-9-81-123-103-65-49-95(50-66-103)41-33-87-17-25-91(26-18-87)37-45-99-57-73-107(74-58-99)127(129,108-75-59-100(60-76-108)46-38-92-27-19-88(20-28-92)34-42-96-51-67-104(68-52-96)124-82-10-14-112(116)120-6-2)85-86-128(130,109-77-61-101(62-78-109)47-39-93-29-21-89(22-30-93)35-43-97-53-69-105(70-54-97)125-83-11-15-113(117)121-7-3)110-79-63-102(64-80-110)48-40-94-31-23-90(24-32-94)36-44-98-55-71-106(72-56-98)126-84-12-16-114(118)122-8-4/h17-32,49-80H,5-16,81-86H2,1-4H3. The number of carbonyl (C=O) groups is 4. The zero-order valence-corrected chi connectivity index (χ0v) is 76.5. The number of benzene rings is 12. The van der Waals surface area contributed by atoms with Crippen LogP contribution in [0.1, 0.15) is 168 Å². The van der Waals surface area contributed by atoms with Gasteiger partial charge in [-0.3, -0.25) is 19.2 Å². The summed E-state index contributed by atoms with van der Waals surface area (Å²) in [4.78, 5) is 46.9. The van der Waals surface area contributed by atoms with Crippen molar-refractivity contribution >= 4 is 80.8 Å². The largest absolute Gasteiger partial charge is 0.494 e. The molecule has 0 saturated carbocycles. The Bertz CT molecular complexity index is 5720. The number of rotatable bonds is 31. The Balaban J connectivity index is 0.786. The van der Waals surface area contributed by atoms with Gasteiger partial charge in [0.15, 0.2) is 0 Å². The molecule has 0 aliphatic heterocycles. The lowest BCUT2D eigenvalue weighted by molar-refractivity contribution is -0.144. The Morgan fingerprint density at radius 1 is 0.208 bits per heavy atom. The molecule has 646 valence electrons. The monoisotopic (exact) mass is 1780 g/mol. The normalized spacial score (nSPS) is 10.4. The first kappa shape index (κ1) is 94.6. The Labute approximate surface area is 774 Å². The first-order chi connectivity index (χ1) is 63.5. The van der Waals surface area contributed by atoms with E-state index in [4.69, 9.17) is 61.5 Å². The number of ether oxygens (including phenoxy) is 8. The van der Waals surface area contributed by atoms with Gasteiger partial charge in [-0.2, -0.15) is 0 Å². The van der Waals surface area contributed by atoms with E-state index in [0.29, 0.717) is 140 Å². The fraction of sp³-hybridized carbons (Fsp3) is 0.193. The highest BCUT2D eigenvalue weighted by atomic mass is 32.4. The van der Waals surface area contributed by atoms with E-state index in [9.17, 15) is 19.2 Å². The molecule has 0 fully saturated rings. The molecule has 0 N–H and O–H groups in total. The van der Waals surface area contributed by atoms with Gasteiger partial charge < -0.3 is 37.9 Å². The second-order valence-electron chi connectivity index (χ2n) is 29.5. The summed E-state index contributed by atoms with van der Waals surface area (Å²) in [5.41, 5.74) is 13.5. The van der Waals surface area contributed by atoms with Crippen molar-refractivity contribution in [2.75, 3.05) is 65.2 Å². The molecule has 0 spiro atoms. The van der Waals surface area contributed by atoms with Crippen LogP contribution in [0.5, 0.6) is 23.0 Å². The molecule has 16 heteroatoms. The molecular formula is C114H96O12P2S2. The van der Waals surface area contributed by atoms with Gasteiger partial charge in [0.1, 0.15) is 23.0 Å². The zero-order chi connectivity index (χ0) is 90.8. The molecule has 0 aromatic heterocycles. The van der Waals surface area contributed by atoms with Crippen LogP contribution in [0.4, 0.5) is 0 Å². The predicted octanol–water partition coefficient (Wildman–Crippen LogP) is 19.3. The summed E-state index contributed by atoms with van der Waals surface area (Å²) < 4.78 is 43.4. The van der Waals surface area contributed by atoms with Crippen LogP contribution in [0.25, 0.3) is 0 Å². The fourth-order valence-electron chi connectivity index (χ4n) is 13.0. The maximum Gasteiger partial charge on any atom is 0.305 e. The molecule has 0 radical (unpaired) electrons. The Hall–Kier alpha value is -14.5. The van der Waals surface area contributed by atoms with Crippen molar-refractivity contribution in [1.82, 2.24) is 0 Å². The van der Waals surface area contributed by atoms with Crippen molar-refractivity contribution in [2.24, 2.45) is 0 Å². The van der Waals surface area contributed by atoms with Gasteiger partial charge in [-0.05, 0) is 330 Å². The third-order valence-electron chi connectivity index (χ3n) is 20.0. The van der Waals surface area contributed by atoms with Gasteiger partial charge in [0.25, 0.3) is 0 Å². The predicted molar refractivity (Wildman–Crippen MR) is 527 cm³/mol. The molecular weight excluding hydrogens is 1690 g/mol. The minimum absolute atomic E-state index is 0.224. The molecule has 12 nitrogen and oxygen atoms in total. The second-order valence-corrected chi connectivity index (χ2v) is 39.2. The van der Waals surface area contributed by atoms with E-state index >= 15 is 0 Å². The molecule has 0 atom stereocenters. The molecule has 0 aliphatic carbocycles. The molecule has 12 aromatic rings. The van der Waals surface area contributed by atoms with Crippen LogP contribution < -0.4 is 40.2 Å². The first-order valence-corrected chi connectivity index (χ1v) is 49.2. The number of carbonyl (C=O) groups excluding carboxylic acids is 4. The van der Waals surface area contributed by atoms with E-state index in [1.54, 1.807) is 27.7 Å². The molecule has 0 unspecified atom stereocenters. The molecule has 0 saturated heterocycles. The van der Waals surface area contributed by atoms with Crippen LogP contribution >= 0.6 is 12.1 Å². The van der Waals surface area contributed by atoms with Crippen molar-refractivity contribution < 1.29 is 57.1 Å². The lowest BCUT2D eigenvalue weighted by Crippen LogP contribution is -2.24. The van der Waals surface area contributed by atoms with Crippen molar-refractivity contribution in [3.05, 3.63) is 380 Å². The van der Waals surface area contributed by atoms with Crippen molar-refractivity contribution in [3.8, 4) is 118 Å². The van der Waals surface area contributed by atoms with Gasteiger partial charge in [-0.15, -0.1) is 0 Å². The van der Waals surface area contributed by atoms with Crippen molar-refractivity contribution in [3.63, 3.8) is 0 Å². The number of esters is 4. The third kappa shape index (κ3) is 30.6. The first-order valence-electron chi connectivity index (χ1n) is 43.2. The lowest BCUT2D eigenvalue weighted by Gasteiger charge is -2.29. The highest BCUT2D eigenvalue weighted by molar-refractivity contribution is 8.24.